The Morgan fingerprint density at radius 3 is 1.93 bits per heavy atom. The maximum Gasteiger partial charge on any atom is 0.416 e. The fourth-order valence-electron chi connectivity index (χ4n) is 6.47. The van der Waals surface area contributed by atoms with E-state index in [0.29, 0.717) is 37.4 Å². The van der Waals surface area contributed by atoms with Gasteiger partial charge in [-0.05, 0) is 98.9 Å². The van der Waals surface area contributed by atoms with Crippen molar-refractivity contribution >= 4 is 27.9 Å². The number of hydrogen-bond acceptors (Lipinski definition) is 9. The lowest BCUT2D eigenvalue weighted by atomic mass is 9.82. The van der Waals surface area contributed by atoms with Crippen LogP contribution in [0.3, 0.4) is 0 Å². The predicted molar refractivity (Wildman–Crippen MR) is 185 cm³/mol. The molecule has 2 aromatic carbocycles. The Labute approximate surface area is 312 Å². The van der Waals surface area contributed by atoms with Crippen molar-refractivity contribution in [2.45, 2.75) is 70.6 Å². The van der Waals surface area contributed by atoms with Gasteiger partial charge in [-0.25, -0.2) is 18.4 Å². The van der Waals surface area contributed by atoms with Gasteiger partial charge in [0.05, 0.1) is 47.5 Å². The van der Waals surface area contributed by atoms with Crippen molar-refractivity contribution in [2.75, 3.05) is 48.1 Å². The lowest BCUT2D eigenvalue weighted by molar-refractivity contribution is -0.143. The van der Waals surface area contributed by atoms with E-state index in [0.717, 1.165) is 56.5 Å². The van der Waals surface area contributed by atoms with Crippen LogP contribution < -0.4 is 14.5 Å². The molecule has 9 nitrogen and oxygen atoms in total. The van der Waals surface area contributed by atoms with Crippen LogP contribution in [0.1, 0.15) is 73.4 Å². The largest absolute Gasteiger partial charge is 0.489 e. The van der Waals surface area contributed by atoms with Crippen molar-refractivity contribution in [3.63, 3.8) is 0 Å². The van der Waals surface area contributed by atoms with Gasteiger partial charge in [-0.2, -0.15) is 39.5 Å². The van der Waals surface area contributed by atoms with E-state index in [1.54, 1.807) is 6.92 Å². The summed E-state index contributed by atoms with van der Waals surface area (Å²) in [7, 11) is -3.40. The summed E-state index contributed by atoms with van der Waals surface area (Å²) in [5, 5.41) is 0. The molecule has 0 N–H and O–H groups in total. The quantitative estimate of drug-likeness (QED) is 0.104. The molecule has 1 fully saturated rings. The van der Waals surface area contributed by atoms with Crippen LogP contribution in [0.2, 0.25) is 0 Å². The number of carbonyl (C=O) groups is 1. The summed E-state index contributed by atoms with van der Waals surface area (Å²) < 4.78 is 159. The summed E-state index contributed by atoms with van der Waals surface area (Å²) in [5.74, 6) is -0.323. The number of halogens is 9. The standard InChI is InChI=1S/C36H41F9N4O5S/c1-4-48(19-24-5-7-25(8-6-24)21-53-22-50)32-10-9-28(34(37,38)39)15-27(32)20-49(33-46-17-31(18-47-33)54-11-12-55(3,51)52)23(2)26-13-29(35(40,41)42)16-30(14-26)36(43,44)45/h9-10,13-18,22-25H,4-8,11-12,19-21H2,1-3H3/t23-,24?,25?/m0/s1. The van der Waals surface area contributed by atoms with E-state index in [-0.39, 0.29) is 54.1 Å². The van der Waals surface area contributed by atoms with Crippen LogP contribution in [0.15, 0.2) is 48.8 Å². The summed E-state index contributed by atoms with van der Waals surface area (Å²) in [6.45, 7) is 3.78. The zero-order valence-corrected chi connectivity index (χ0v) is 31.0. The number of anilines is 2. The van der Waals surface area contributed by atoms with E-state index in [1.807, 2.05) is 4.90 Å². The number of nitrogens with zero attached hydrogens (tertiary/aromatic N) is 4. The zero-order valence-electron chi connectivity index (χ0n) is 30.1. The molecule has 0 unspecified atom stereocenters. The number of aromatic nitrogens is 2. The van der Waals surface area contributed by atoms with E-state index in [4.69, 9.17) is 9.47 Å². The monoisotopic (exact) mass is 812 g/mol. The van der Waals surface area contributed by atoms with Crippen LogP contribution in [0, 0.1) is 11.8 Å². The average Bonchev–Trinajstić information content (AvgIpc) is 3.10. The maximum absolute atomic E-state index is 14.1. The Balaban J connectivity index is 1.79. The van der Waals surface area contributed by atoms with Gasteiger partial charge in [0, 0.05) is 31.6 Å². The van der Waals surface area contributed by atoms with Gasteiger partial charge in [-0.1, -0.05) is 0 Å². The molecule has 0 amide bonds. The summed E-state index contributed by atoms with van der Waals surface area (Å²) in [6, 6.07) is 2.77. The lowest BCUT2D eigenvalue weighted by Gasteiger charge is -2.36. The van der Waals surface area contributed by atoms with Gasteiger partial charge in [-0.3, -0.25) is 4.79 Å². The molecule has 1 aromatic heterocycles. The minimum absolute atomic E-state index is 0.0113. The molecule has 0 spiro atoms. The van der Waals surface area contributed by atoms with Gasteiger partial charge in [0.15, 0.2) is 15.6 Å². The fraction of sp³-hybridized carbons (Fsp3) is 0.528. The number of rotatable bonds is 16. The smallest absolute Gasteiger partial charge is 0.416 e. The van der Waals surface area contributed by atoms with Gasteiger partial charge in [0.25, 0.3) is 6.47 Å². The van der Waals surface area contributed by atoms with Gasteiger partial charge < -0.3 is 19.3 Å². The normalized spacial score (nSPS) is 17.4. The van der Waals surface area contributed by atoms with Crippen molar-refractivity contribution in [3.8, 4) is 5.75 Å². The Kier molecular flexibility index (Phi) is 14.0. The highest BCUT2D eigenvalue weighted by molar-refractivity contribution is 7.90. The second-order valence-electron chi connectivity index (χ2n) is 13.5. The Morgan fingerprint density at radius 1 is 0.855 bits per heavy atom. The molecular formula is C36H41F9N4O5S. The predicted octanol–water partition coefficient (Wildman–Crippen LogP) is 8.53. The summed E-state index contributed by atoms with van der Waals surface area (Å²) in [4.78, 5) is 22.1. The summed E-state index contributed by atoms with van der Waals surface area (Å²) in [6.07, 6.45) is -8.87. The van der Waals surface area contributed by atoms with Gasteiger partial charge in [0.2, 0.25) is 5.95 Å². The van der Waals surface area contributed by atoms with Crippen LogP contribution in [0.25, 0.3) is 0 Å². The van der Waals surface area contributed by atoms with Gasteiger partial charge in [-0.15, -0.1) is 0 Å². The van der Waals surface area contributed by atoms with Crippen LogP contribution in [0.4, 0.5) is 51.1 Å². The molecular weight excluding hydrogens is 771 g/mol. The molecule has 1 saturated carbocycles. The third-order valence-electron chi connectivity index (χ3n) is 9.47. The molecule has 0 aliphatic heterocycles. The van der Waals surface area contributed by atoms with Crippen LogP contribution in [0.5, 0.6) is 5.75 Å². The third kappa shape index (κ3) is 12.4. The lowest BCUT2D eigenvalue weighted by Crippen LogP contribution is -2.34. The highest BCUT2D eigenvalue weighted by Crippen LogP contribution is 2.41. The first-order valence-corrected chi connectivity index (χ1v) is 19.3. The minimum atomic E-state index is -5.17. The van der Waals surface area contributed by atoms with E-state index in [2.05, 4.69) is 9.97 Å². The number of benzene rings is 2. The Morgan fingerprint density at radius 2 is 1.42 bits per heavy atom. The fourth-order valence-corrected chi connectivity index (χ4v) is 6.86. The van der Waals surface area contributed by atoms with E-state index in [9.17, 15) is 52.7 Å². The molecule has 1 aliphatic rings. The first kappa shape index (κ1) is 43.4. The van der Waals surface area contributed by atoms with E-state index >= 15 is 0 Å². The molecule has 1 heterocycles. The highest BCUT2D eigenvalue weighted by Gasteiger charge is 2.38. The molecule has 19 heteroatoms. The number of carbonyl (C=O) groups excluding carboxylic acids is 1. The molecule has 0 radical (unpaired) electrons. The number of alkyl halides is 9. The molecule has 0 saturated heterocycles. The van der Waals surface area contributed by atoms with E-state index in [1.165, 1.54) is 17.9 Å². The SMILES string of the molecule is CCN(CC1CCC(COC=O)CC1)c1ccc(C(F)(F)F)cc1CN(c1ncc(OCCS(C)(=O)=O)cn1)[C@@H](C)c1cc(C(F)(F)F)cc(C(F)(F)F)c1. The third-order valence-corrected chi connectivity index (χ3v) is 10.4. The molecule has 4 rings (SSSR count). The average molecular weight is 813 g/mol. The molecule has 0 bridgehead atoms. The van der Waals surface area contributed by atoms with Crippen LogP contribution in [-0.4, -0.2) is 63.2 Å². The summed E-state index contributed by atoms with van der Waals surface area (Å²) in [5.41, 5.74) is -4.24. The van der Waals surface area contributed by atoms with Crippen molar-refractivity contribution in [2.24, 2.45) is 11.8 Å². The Hall–Kier alpha value is -4.29. The van der Waals surface area contributed by atoms with E-state index < -0.39 is 63.2 Å². The van der Waals surface area contributed by atoms with Crippen molar-refractivity contribution in [1.82, 2.24) is 9.97 Å². The molecule has 1 aliphatic carbocycles. The van der Waals surface area contributed by atoms with Crippen molar-refractivity contribution < 1.29 is 62.2 Å². The molecule has 3 aromatic rings. The second-order valence-corrected chi connectivity index (χ2v) is 15.8. The maximum atomic E-state index is 14.1. The van der Waals surface area contributed by atoms with Crippen LogP contribution >= 0.6 is 0 Å². The van der Waals surface area contributed by atoms with Crippen molar-refractivity contribution in [1.29, 1.82) is 0 Å². The number of ether oxygens (including phenoxy) is 2. The second kappa shape index (κ2) is 17.7. The molecule has 304 valence electrons. The number of sulfone groups is 1. The zero-order chi connectivity index (χ0) is 40.8. The first-order chi connectivity index (χ1) is 25.6. The Bertz CT molecular complexity index is 1820. The summed E-state index contributed by atoms with van der Waals surface area (Å²) >= 11 is 0. The van der Waals surface area contributed by atoms with Gasteiger partial charge in [0.1, 0.15) is 6.61 Å². The highest BCUT2D eigenvalue weighted by atomic mass is 32.2. The minimum Gasteiger partial charge on any atom is -0.489 e. The molecule has 55 heavy (non-hydrogen) atoms. The topological polar surface area (TPSA) is 102 Å². The number of hydrogen-bond donors (Lipinski definition) is 0. The van der Waals surface area contributed by atoms with Crippen molar-refractivity contribution in [3.05, 3.63) is 76.6 Å². The molecule has 1 atom stereocenters. The first-order valence-electron chi connectivity index (χ1n) is 17.3. The van der Waals surface area contributed by atoms with Gasteiger partial charge >= 0.3 is 18.5 Å². The van der Waals surface area contributed by atoms with Crippen LogP contribution in [-0.2, 0) is 44.4 Å².